The molecule has 176 valence electrons. The van der Waals surface area contributed by atoms with Gasteiger partial charge in [-0.2, -0.15) is 0 Å². The highest BCUT2D eigenvalue weighted by molar-refractivity contribution is 6.02. The number of carbonyl (C=O) groups is 3. The van der Waals surface area contributed by atoms with E-state index in [0.717, 1.165) is 0 Å². The van der Waals surface area contributed by atoms with Gasteiger partial charge in [0.25, 0.3) is 5.54 Å². The Morgan fingerprint density at radius 1 is 1.09 bits per heavy atom. The van der Waals surface area contributed by atoms with Crippen LogP contribution in [-0.4, -0.2) is 35.4 Å². The summed E-state index contributed by atoms with van der Waals surface area (Å²) in [5.41, 5.74) is -0.819. The van der Waals surface area contributed by atoms with Crippen molar-refractivity contribution in [2.75, 3.05) is 11.5 Å². The van der Waals surface area contributed by atoms with Crippen molar-refractivity contribution in [1.82, 2.24) is 0 Å². The number of allylic oxidation sites excluding steroid dienone is 1. The van der Waals surface area contributed by atoms with Crippen LogP contribution < -0.4 is 4.90 Å². The van der Waals surface area contributed by atoms with Crippen molar-refractivity contribution in [2.24, 2.45) is 0 Å². The first kappa shape index (κ1) is 23.2. The van der Waals surface area contributed by atoms with Crippen molar-refractivity contribution in [2.45, 2.75) is 44.7 Å². The minimum absolute atomic E-state index is 0.00298. The first-order chi connectivity index (χ1) is 16.2. The molecule has 1 aliphatic heterocycles. The molecule has 0 radical (unpaired) electrons. The highest BCUT2D eigenvalue weighted by Crippen LogP contribution is 2.60. The Morgan fingerprint density at radius 3 is 2.32 bits per heavy atom. The first-order valence-corrected chi connectivity index (χ1v) is 10.9. The second kappa shape index (κ2) is 8.74. The van der Waals surface area contributed by atoms with Gasteiger partial charge in [0, 0.05) is 25.2 Å². The van der Waals surface area contributed by atoms with E-state index in [1.807, 2.05) is 0 Å². The van der Waals surface area contributed by atoms with Gasteiger partial charge in [0.2, 0.25) is 5.91 Å². The molecule has 0 fully saturated rings. The lowest BCUT2D eigenvalue weighted by molar-refractivity contribution is -0.586. The van der Waals surface area contributed by atoms with Crippen molar-refractivity contribution in [3.8, 4) is 0 Å². The highest BCUT2D eigenvalue weighted by atomic mass is 16.6. The second-order valence-corrected chi connectivity index (χ2v) is 8.21. The molecule has 0 saturated carbocycles. The molecule has 3 atom stereocenters. The molecule has 1 amide bonds. The third kappa shape index (κ3) is 3.35. The zero-order chi connectivity index (χ0) is 24.6. The SMILES string of the molecule is CCOC(=O)C1=C(OC(C)=O)C[C@@H](c2ccccc2)[C@]2([N+](=O)[O-])c3ccccc3N(C(C)=O)[C@H]12. The molecule has 1 heterocycles. The van der Waals surface area contributed by atoms with E-state index in [-0.39, 0.29) is 24.4 Å². The van der Waals surface area contributed by atoms with E-state index < -0.39 is 40.3 Å². The average Bonchev–Trinajstić information content (AvgIpc) is 3.11. The van der Waals surface area contributed by atoms with Gasteiger partial charge in [-0.05, 0) is 24.6 Å². The Labute approximate surface area is 196 Å². The van der Waals surface area contributed by atoms with Gasteiger partial charge in [-0.3, -0.25) is 24.6 Å². The molecule has 0 N–H and O–H groups in total. The normalized spacial score (nSPS) is 23.1. The largest absolute Gasteiger partial charge is 0.462 e. The Morgan fingerprint density at radius 2 is 1.74 bits per heavy atom. The summed E-state index contributed by atoms with van der Waals surface area (Å²) in [6.45, 7) is 4.08. The zero-order valence-corrected chi connectivity index (χ0v) is 19.0. The number of benzene rings is 2. The number of hydrogen-bond acceptors (Lipinski definition) is 7. The molecule has 0 saturated heterocycles. The first-order valence-electron chi connectivity index (χ1n) is 10.9. The average molecular weight is 464 g/mol. The number of anilines is 1. The molecule has 0 aromatic heterocycles. The lowest BCUT2D eigenvalue weighted by Gasteiger charge is -2.41. The fourth-order valence-corrected chi connectivity index (χ4v) is 5.28. The van der Waals surface area contributed by atoms with Crippen LogP contribution in [0.1, 0.15) is 44.2 Å². The van der Waals surface area contributed by atoms with E-state index in [2.05, 4.69) is 0 Å². The number of nitrogens with zero attached hydrogens (tertiary/aromatic N) is 2. The van der Waals surface area contributed by atoms with E-state index in [9.17, 15) is 24.5 Å². The van der Waals surface area contributed by atoms with Crippen LogP contribution >= 0.6 is 0 Å². The molecule has 9 heteroatoms. The number of rotatable bonds is 5. The van der Waals surface area contributed by atoms with Gasteiger partial charge in [0.05, 0.1) is 23.8 Å². The van der Waals surface area contributed by atoms with Gasteiger partial charge in [0.1, 0.15) is 17.4 Å². The van der Waals surface area contributed by atoms with E-state index in [0.29, 0.717) is 16.8 Å². The van der Waals surface area contributed by atoms with Crippen LogP contribution in [0, 0.1) is 10.1 Å². The van der Waals surface area contributed by atoms with Crippen LogP contribution in [0.15, 0.2) is 65.9 Å². The number of nitro groups is 1. The molecule has 2 aromatic carbocycles. The van der Waals surface area contributed by atoms with E-state index in [4.69, 9.17) is 9.47 Å². The summed E-state index contributed by atoms with van der Waals surface area (Å²) >= 11 is 0. The summed E-state index contributed by atoms with van der Waals surface area (Å²) in [5, 5.41) is 13.1. The van der Waals surface area contributed by atoms with Crippen molar-refractivity contribution in [3.63, 3.8) is 0 Å². The highest BCUT2D eigenvalue weighted by Gasteiger charge is 2.71. The fraction of sp³-hybridized carbons (Fsp3) is 0.320. The summed E-state index contributed by atoms with van der Waals surface area (Å²) in [6.07, 6.45) is -0.102. The monoisotopic (exact) mass is 464 g/mol. The number of hydrogen-bond donors (Lipinski definition) is 0. The lowest BCUT2D eigenvalue weighted by Crippen LogP contribution is -2.59. The topological polar surface area (TPSA) is 116 Å². The van der Waals surface area contributed by atoms with Gasteiger partial charge < -0.3 is 9.47 Å². The molecule has 9 nitrogen and oxygen atoms in total. The Hall–Kier alpha value is -4.01. The minimum atomic E-state index is -1.91. The third-order valence-corrected chi connectivity index (χ3v) is 6.37. The maximum atomic E-state index is 13.2. The summed E-state index contributed by atoms with van der Waals surface area (Å²) in [6, 6.07) is 14.0. The van der Waals surface area contributed by atoms with Crippen LogP contribution in [0.5, 0.6) is 0 Å². The standard InChI is InChI=1S/C25H24N2O7/c1-4-33-24(30)22-21(34-16(3)29)14-19(17-10-6-5-7-11-17)25(27(31)32)18-12-8-9-13-20(18)26(15(2)28)23(22)25/h5-13,19,23H,4,14H2,1-3H3/t19-,23+,25+/m0/s1. The van der Waals surface area contributed by atoms with Crippen LogP contribution in [0.3, 0.4) is 0 Å². The molecule has 1 aliphatic carbocycles. The summed E-state index contributed by atoms with van der Waals surface area (Å²) in [5.74, 6) is -2.89. The van der Waals surface area contributed by atoms with E-state index >= 15 is 0 Å². The summed E-state index contributed by atoms with van der Waals surface area (Å²) < 4.78 is 10.7. The maximum absolute atomic E-state index is 13.2. The van der Waals surface area contributed by atoms with Crippen molar-refractivity contribution < 1.29 is 28.8 Å². The van der Waals surface area contributed by atoms with Crippen LogP contribution in [-0.2, 0) is 29.4 Å². The van der Waals surface area contributed by atoms with Gasteiger partial charge in [-0.25, -0.2) is 4.79 Å². The molecule has 2 aliphatic rings. The fourth-order valence-electron chi connectivity index (χ4n) is 5.28. The maximum Gasteiger partial charge on any atom is 0.339 e. The molecular formula is C25H24N2O7. The quantitative estimate of drug-likeness (QED) is 0.378. The van der Waals surface area contributed by atoms with Crippen LogP contribution in [0.2, 0.25) is 0 Å². The van der Waals surface area contributed by atoms with Crippen LogP contribution in [0.25, 0.3) is 0 Å². The number of para-hydroxylation sites is 1. The second-order valence-electron chi connectivity index (χ2n) is 8.21. The Bertz CT molecular complexity index is 1210. The number of esters is 2. The van der Waals surface area contributed by atoms with E-state index in [1.165, 1.54) is 18.7 Å². The van der Waals surface area contributed by atoms with Crippen molar-refractivity contribution >= 4 is 23.5 Å². The third-order valence-electron chi connectivity index (χ3n) is 6.37. The predicted molar refractivity (Wildman–Crippen MR) is 121 cm³/mol. The van der Waals surface area contributed by atoms with Crippen molar-refractivity contribution in [1.29, 1.82) is 0 Å². The number of ether oxygens (including phenoxy) is 2. The molecular weight excluding hydrogens is 440 g/mol. The number of fused-ring (bicyclic) bond motifs is 3. The van der Waals surface area contributed by atoms with Gasteiger partial charge in [-0.15, -0.1) is 0 Å². The van der Waals surface area contributed by atoms with E-state index in [1.54, 1.807) is 61.5 Å². The zero-order valence-electron chi connectivity index (χ0n) is 19.0. The number of amides is 1. The molecule has 2 aromatic rings. The molecule has 0 unspecified atom stereocenters. The molecule has 34 heavy (non-hydrogen) atoms. The summed E-state index contributed by atoms with van der Waals surface area (Å²) in [4.78, 5) is 52.1. The summed E-state index contributed by atoms with van der Waals surface area (Å²) in [7, 11) is 0. The van der Waals surface area contributed by atoms with Gasteiger partial charge >= 0.3 is 11.9 Å². The predicted octanol–water partition coefficient (Wildman–Crippen LogP) is 3.46. The van der Waals surface area contributed by atoms with Gasteiger partial charge in [0.15, 0.2) is 0 Å². The molecule has 0 spiro atoms. The molecule has 4 rings (SSSR count). The lowest BCUT2D eigenvalue weighted by atomic mass is 9.64. The Kier molecular flexibility index (Phi) is 5.95. The van der Waals surface area contributed by atoms with Crippen LogP contribution in [0.4, 0.5) is 5.69 Å². The molecule has 0 bridgehead atoms. The Balaban J connectivity index is 2.13. The minimum Gasteiger partial charge on any atom is -0.462 e. The van der Waals surface area contributed by atoms with Gasteiger partial charge in [-0.1, -0.05) is 42.5 Å². The van der Waals surface area contributed by atoms with Crippen molar-refractivity contribution in [3.05, 3.63) is 87.2 Å². The number of carbonyl (C=O) groups excluding carboxylic acids is 3. The smallest absolute Gasteiger partial charge is 0.339 e.